The van der Waals surface area contributed by atoms with E-state index in [-0.39, 0.29) is 5.56 Å². The number of halogens is 4. The maximum absolute atomic E-state index is 12.9. The number of aliphatic hydroxyl groups is 1. The quantitative estimate of drug-likeness (QED) is 0.779. The molecule has 88 valence electrons. The molecule has 16 heavy (non-hydrogen) atoms. The minimum atomic E-state index is -4.71. The van der Waals surface area contributed by atoms with Crippen LogP contribution in [0.4, 0.5) is 17.6 Å². The highest BCUT2D eigenvalue weighted by Gasteiger charge is 2.33. The topological polar surface area (TPSA) is 20.2 Å². The van der Waals surface area contributed by atoms with Gasteiger partial charge >= 0.3 is 6.18 Å². The molecule has 0 amide bonds. The van der Waals surface area contributed by atoms with Crippen molar-refractivity contribution in [2.24, 2.45) is 0 Å². The van der Waals surface area contributed by atoms with E-state index in [0.29, 0.717) is 6.07 Å². The van der Waals surface area contributed by atoms with Crippen molar-refractivity contribution < 1.29 is 22.7 Å². The molecule has 0 saturated heterocycles. The van der Waals surface area contributed by atoms with Crippen LogP contribution in [0.1, 0.15) is 18.1 Å². The Bertz CT molecular complexity index is 393. The van der Waals surface area contributed by atoms with Gasteiger partial charge in [-0.15, -0.1) is 0 Å². The van der Waals surface area contributed by atoms with Crippen molar-refractivity contribution in [2.45, 2.75) is 19.2 Å². The fourth-order valence-electron chi connectivity index (χ4n) is 1.11. The summed E-state index contributed by atoms with van der Waals surface area (Å²) in [7, 11) is 0. The van der Waals surface area contributed by atoms with Gasteiger partial charge in [0.1, 0.15) is 5.82 Å². The highest BCUT2D eigenvalue weighted by atomic mass is 19.4. The highest BCUT2D eigenvalue weighted by Crippen LogP contribution is 2.32. The van der Waals surface area contributed by atoms with E-state index in [1.807, 2.05) is 0 Å². The van der Waals surface area contributed by atoms with Gasteiger partial charge in [-0.1, -0.05) is 18.2 Å². The van der Waals surface area contributed by atoms with Crippen molar-refractivity contribution in [3.63, 3.8) is 0 Å². The van der Waals surface area contributed by atoms with E-state index in [1.165, 1.54) is 25.1 Å². The third kappa shape index (κ3) is 3.34. The van der Waals surface area contributed by atoms with Gasteiger partial charge in [0.25, 0.3) is 0 Å². The first-order chi connectivity index (χ1) is 7.30. The lowest BCUT2D eigenvalue weighted by Gasteiger charge is -2.08. The van der Waals surface area contributed by atoms with Gasteiger partial charge in [-0.3, -0.25) is 0 Å². The summed E-state index contributed by atoms with van der Waals surface area (Å²) in [5.41, 5.74) is -1.12. The number of benzene rings is 1. The molecule has 0 aliphatic rings. The lowest BCUT2D eigenvalue weighted by atomic mass is 10.1. The summed E-state index contributed by atoms with van der Waals surface area (Å²) in [5, 5.41) is 8.91. The van der Waals surface area contributed by atoms with E-state index in [0.717, 1.165) is 6.07 Å². The number of hydrogen-bond acceptors (Lipinski definition) is 1. The molecule has 5 heteroatoms. The highest BCUT2D eigenvalue weighted by molar-refractivity contribution is 5.51. The molecule has 1 N–H and O–H groups in total. The number of rotatable bonds is 2. The molecule has 1 aromatic carbocycles. The number of hydrogen-bond donors (Lipinski definition) is 1. The van der Waals surface area contributed by atoms with Crippen LogP contribution in [0.2, 0.25) is 0 Å². The zero-order chi connectivity index (χ0) is 12.3. The van der Waals surface area contributed by atoms with E-state index in [9.17, 15) is 17.6 Å². The molecule has 0 heterocycles. The van der Waals surface area contributed by atoms with E-state index in [1.54, 1.807) is 0 Å². The predicted octanol–water partition coefficient (Wildman–Crippen LogP) is 3.24. The van der Waals surface area contributed by atoms with Crippen molar-refractivity contribution in [1.82, 2.24) is 0 Å². The van der Waals surface area contributed by atoms with Gasteiger partial charge in [0.05, 0.1) is 11.7 Å². The number of alkyl halides is 3. The van der Waals surface area contributed by atoms with Crippen LogP contribution >= 0.6 is 0 Å². The Morgan fingerprint density at radius 3 is 2.44 bits per heavy atom. The van der Waals surface area contributed by atoms with Crippen LogP contribution in [-0.4, -0.2) is 11.2 Å². The van der Waals surface area contributed by atoms with Crippen molar-refractivity contribution in [1.29, 1.82) is 0 Å². The smallest absolute Gasteiger partial charge is 0.389 e. The Labute approximate surface area is 90.0 Å². The fourth-order valence-corrected chi connectivity index (χ4v) is 1.11. The van der Waals surface area contributed by atoms with Crippen LogP contribution in [0.15, 0.2) is 24.3 Å². The molecule has 0 spiro atoms. The first-order valence-electron chi connectivity index (χ1n) is 4.53. The molecule has 1 rings (SSSR count). The van der Waals surface area contributed by atoms with Gasteiger partial charge in [-0.05, 0) is 24.6 Å². The maximum atomic E-state index is 12.9. The average Bonchev–Trinajstić information content (AvgIpc) is 2.14. The summed E-state index contributed by atoms with van der Waals surface area (Å²) in [6.07, 6.45) is -2.86. The molecule has 1 unspecified atom stereocenters. The van der Waals surface area contributed by atoms with E-state index in [2.05, 4.69) is 0 Å². The molecule has 1 atom stereocenters. The van der Waals surface area contributed by atoms with Crippen LogP contribution in [0.5, 0.6) is 0 Å². The summed E-state index contributed by atoms with van der Waals surface area (Å²) in [4.78, 5) is 0. The molecule has 0 radical (unpaired) electrons. The van der Waals surface area contributed by atoms with Gasteiger partial charge in [0.2, 0.25) is 0 Å². The summed E-state index contributed by atoms with van der Waals surface area (Å²) >= 11 is 0. The SMILES string of the molecule is CC(O)/C=C/c1ccc(F)c(C(F)(F)F)c1. The molecule has 0 bridgehead atoms. The van der Waals surface area contributed by atoms with E-state index in [4.69, 9.17) is 5.11 Å². The van der Waals surface area contributed by atoms with Gasteiger partial charge in [0.15, 0.2) is 0 Å². The summed E-state index contributed by atoms with van der Waals surface area (Å²) in [6, 6.07) is 2.67. The predicted molar refractivity (Wildman–Crippen MR) is 52.1 cm³/mol. The fraction of sp³-hybridized carbons (Fsp3) is 0.273. The molecule has 1 aromatic rings. The monoisotopic (exact) mass is 234 g/mol. The van der Waals surface area contributed by atoms with E-state index >= 15 is 0 Å². The first-order valence-corrected chi connectivity index (χ1v) is 4.53. The normalized spacial score (nSPS) is 14.4. The van der Waals surface area contributed by atoms with E-state index < -0.39 is 23.7 Å². The van der Waals surface area contributed by atoms with Crippen LogP contribution in [0, 0.1) is 5.82 Å². The van der Waals surface area contributed by atoms with Crippen LogP contribution in [-0.2, 0) is 6.18 Å². The molecule has 0 fully saturated rings. The molecule has 0 saturated carbocycles. The second-order valence-corrected chi connectivity index (χ2v) is 3.34. The Hall–Kier alpha value is -1.36. The van der Waals surface area contributed by atoms with Crippen LogP contribution in [0.3, 0.4) is 0 Å². The lowest BCUT2D eigenvalue weighted by Crippen LogP contribution is -2.08. The van der Waals surface area contributed by atoms with Crippen LogP contribution < -0.4 is 0 Å². The van der Waals surface area contributed by atoms with Crippen molar-refractivity contribution in [3.05, 3.63) is 41.2 Å². The van der Waals surface area contributed by atoms with Gasteiger partial charge in [-0.25, -0.2) is 4.39 Å². The Balaban J connectivity index is 3.08. The number of aliphatic hydroxyl groups excluding tert-OH is 1. The Kier molecular flexibility index (Phi) is 3.70. The Morgan fingerprint density at radius 2 is 1.94 bits per heavy atom. The van der Waals surface area contributed by atoms with Crippen LogP contribution in [0.25, 0.3) is 6.08 Å². The van der Waals surface area contributed by atoms with Gasteiger partial charge in [0, 0.05) is 0 Å². The second-order valence-electron chi connectivity index (χ2n) is 3.34. The zero-order valence-corrected chi connectivity index (χ0v) is 8.42. The third-order valence-corrected chi connectivity index (χ3v) is 1.86. The minimum Gasteiger partial charge on any atom is -0.389 e. The van der Waals surface area contributed by atoms with Crippen molar-refractivity contribution in [2.75, 3.05) is 0 Å². The summed E-state index contributed by atoms with van der Waals surface area (Å²) < 4.78 is 49.8. The molecule has 0 aliphatic heterocycles. The standard InChI is InChI=1S/C11H10F4O/c1-7(16)2-3-8-4-5-10(12)9(6-8)11(13,14)15/h2-7,16H,1H3/b3-2+. The zero-order valence-electron chi connectivity index (χ0n) is 8.42. The molecular weight excluding hydrogens is 224 g/mol. The second kappa shape index (κ2) is 4.65. The van der Waals surface area contributed by atoms with Crippen molar-refractivity contribution >= 4 is 6.08 Å². The van der Waals surface area contributed by atoms with Gasteiger partial charge < -0.3 is 5.11 Å². The summed E-state index contributed by atoms with van der Waals surface area (Å²) in [5.74, 6) is -1.30. The summed E-state index contributed by atoms with van der Waals surface area (Å²) in [6.45, 7) is 1.46. The molecular formula is C11H10F4O. The molecule has 1 nitrogen and oxygen atoms in total. The van der Waals surface area contributed by atoms with Gasteiger partial charge in [-0.2, -0.15) is 13.2 Å². The van der Waals surface area contributed by atoms with Crippen molar-refractivity contribution in [3.8, 4) is 0 Å². The molecule has 0 aromatic heterocycles. The largest absolute Gasteiger partial charge is 0.419 e. The average molecular weight is 234 g/mol. The first kappa shape index (κ1) is 12.7. The minimum absolute atomic E-state index is 0.189. The third-order valence-electron chi connectivity index (χ3n) is 1.86. The maximum Gasteiger partial charge on any atom is 0.419 e. The molecule has 0 aliphatic carbocycles. The lowest BCUT2D eigenvalue weighted by molar-refractivity contribution is -0.140. The Morgan fingerprint density at radius 1 is 1.31 bits per heavy atom.